The number of rotatable bonds is 33. The number of hydrogen-bond donors (Lipinski definition) is 0. The maximum absolute atomic E-state index is 14.1. The first-order valence-corrected chi connectivity index (χ1v) is 19.0. The monoisotopic (exact) mass is 600 g/mol. The molecular weight excluding hydrogens is 530 g/mol. The zero-order valence-corrected chi connectivity index (χ0v) is 30.3. The molecule has 1 unspecified atom stereocenters. The van der Waals surface area contributed by atoms with Crippen LogP contribution < -0.4 is 29.6 Å². The van der Waals surface area contributed by atoms with Gasteiger partial charge in [-0.05, 0) is 19.3 Å². The van der Waals surface area contributed by atoms with Crippen LogP contribution in [0, 0.1) is 0 Å². The molecule has 0 radical (unpaired) electrons. The van der Waals surface area contributed by atoms with Crippen molar-refractivity contribution in [1.29, 1.82) is 0 Å². The van der Waals surface area contributed by atoms with Gasteiger partial charge in [0.1, 0.15) is 0 Å². The Labute approximate surface area is 275 Å². The van der Waals surface area contributed by atoms with E-state index in [1.54, 1.807) is 0 Å². The number of halogens is 1. The van der Waals surface area contributed by atoms with Crippen LogP contribution in [0.25, 0.3) is 0 Å². The third-order valence-corrected chi connectivity index (χ3v) is 9.45. The van der Waals surface area contributed by atoms with E-state index in [2.05, 4.69) is 13.8 Å². The molecule has 0 amide bonds. The maximum Gasteiger partial charge on any atom is 1.00 e. The zero-order valence-electron chi connectivity index (χ0n) is 28.5. The van der Waals surface area contributed by atoms with Crippen LogP contribution in [0.5, 0.6) is 0 Å². The van der Waals surface area contributed by atoms with Crippen LogP contribution in [0.15, 0.2) is 0 Å². The van der Waals surface area contributed by atoms with Crippen molar-refractivity contribution in [2.75, 3.05) is 6.61 Å². The second kappa shape index (κ2) is 34.3. The van der Waals surface area contributed by atoms with E-state index < -0.39 is 15.6 Å². The first kappa shape index (κ1) is 43.0. The predicted molar refractivity (Wildman–Crippen MR) is 171 cm³/mol. The molecule has 0 aliphatic carbocycles. The molecule has 40 heavy (non-hydrogen) atoms. The molecule has 1 atom stereocenters. The first-order chi connectivity index (χ1) is 19.0. The van der Waals surface area contributed by atoms with Crippen LogP contribution >= 0.6 is 0 Å². The largest absolute Gasteiger partial charge is 1.00 e. The van der Waals surface area contributed by atoms with E-state index in [-0.39, 0.29) is 44.0 Å². The quantitative estimate of drug-likeness (QED) is 0.0428. The van der Waals surface area contributed by atoms with Gasteiger partial charge in [0.15, 0.2) is 0 Å². The maximum atomic E-state index is 14.1. The van der Waals surface area contributed by atoms with E-state index in [0.29, 0.717) is 12.8 Å². The molecule has 0 bridgehead atoms. The molecule has 0 spiro atoms. The molecule has 0 N–H and O–H groups in total. The summed E-state index contributed by atoms with van der Waals surface area (Å²) in [5.74, 6) is 0. The van der Waals surface area contributed by atoms with Gasteiger partial charge in [-0.2, -0.15) is 8.42 Å². The van der Waals surface area contributed by atoms with Crippen molar-refractivity contribution >= 4 is 10.1 Å². The van der Waals surface area contributed by atoms with E-state index in [9.17, 15) is 12.8 Å². The van der Waals surface area contributed by atoms with E-state index in [1.807, 2.05) is 0 Å². The Bertz CT molecular complexity index is 580. The molecular formula is C34H70FNaO3S. The minimum atomic E-state index is -4.06. The Morgan fingerprint density at radius 1 is 0.475 bits per heavy atom. The summed E-state index contributed by atoms with van der Waals surface area (Å²) in [4.78, 5) is 0. The summed E-state index contributed by atoms with van der Waals surface area (Å²) in [7, 11) is -4.06. The van der Waals surface area contributed by atoms with Crippen molar-refractivity contribution in [2.45, 2.75) is 212 Å². The molecule has 0 saturated heterocycles. The van der Waals surface area contributed by atoms with Gasteiger partial charge in [0.05, 0.1) is 6.61 Å². The normalized spacial score (nSPS) is 12.5. The predicted octanol–water partition coefficient (Wildman–Crippen LogP) is 9.49. The Morgan fingerprint density at radius 2 is 0.725 bits per heavy atom. The van der Waals surface area contributed by atoms with Gasteiger partial charge in [-0.15, -0.1) is 0 Å². The molecule has 3 nitrogen and oxygen atoms in total. The minimum Gasteiger partial charge on any atom is -1.00 e. The van der Waals surface area contributed by atoms with Gasteiger partial charge in [-0.25, -0.2) is 4.39 Å². The third kappa shape index (κ3) is 31.8. The average molecular weight is 601 g/mol. The summed E-state index contributed by atoms with van der Waals surface area (Å²) in [6.07, 6.45) is 36.5. The van der Waals surface area contributed by atoms with Crippen molar-refractivity contribution < 1.29 is 48.0 Å². The summed E-state index contributed by atoms with van der Waals surface area (Å²) < 4.78 is 43.1. The van der Waals surface area contributed by atoms with Gasteiger partial charge in [-0.1, -0.05) is 187 Å². The zero-order chi connectivity index (χ0) is 28.7. The standard InChI is InChI=1S/C34H69FO3S.Na.H/c1-3-5-7-9-11-13-14-15-16-17-18-19-20-21-22-23-25-27-29-31-33-38-39(36,37)34(35)32-30-28-26-24-12-10-8-6-4-2;;/h34H,3-33H2,1-2H3;;/q;+1;-1. The molecule has 0 heterocycles. The van der Waals surface area contributed by atoms with Crippen LogP contribution in [0.1, 0.15) is 208 Å². The fourth-order valence-electron chi connectivity index (χ4n) is 5.37. The average Bonchev–Trinajstić information content (AvgIpc) is 2.92. The van der Waals surface area contributed by atoms with E-state index in [4.69, 9.17) is 4.18 Å². The smallest absolute Gasteiger partial charge is 1.00 e. The summed E-state index contributed by atoms with van der Waals surface area (Å²) >= 11 is 0. The molecule has 0 aromatic carbocycles. The summed E-state index contributed by atoms with van der Waals surface area (Å²) in [6, 6.07) is 0. The fourth-order valence-corrected chi connectivity index (χ4v) is 6.32. The van der Waals surface area contributed by atoms with Crippen LogP contribution in [-0.2, 0) is 14.3 Å². The molecule has 0 saturated carbocycles. The topological polar surface area (TPSA) is 43.4 Å². The molecule has 6 heteroatoms. The van der Waals surface area contributed by atoms with Crippen molar-refractivity contribution in [1.82, 2.24) is 0 Å². The fraction of sp³-hybridized carbons (Fsp3) is 1.00. The van der Waals surface area contributed by atoms with Crippen molar-refractivity contribution in [3.8, 4) is 0 Å². The molecule has 0 aliphatic heterocycles. The van der Waals surface area contributed by atoms with Crippen molar-refractivity contribution in [2.24, 2.45) is 0 Å². The Hall–Kier alpha value is 0.840. The van der Waals surface area contributed by atoms with Gasteiger partial charge < -0.3 is 1.43 Å². The van der Waals surface area contributed by atoms with Gasteiger partial charge in [0.2, 0.25) is 5.50 Å². The summed E-state index contributed by atoms with van der Waals surface area (Å²) in [5, 5.41) is 0. The second-order valence-corrected chi connectivity index (χ2v) is 13.8. The number of alkyl halides is 1. The number of unbranched alkanes of at least 4 members (excludes halogenated alkanes) is 27. The SMILES string of the molecule is CCCCCCCCCCCCCCCCCCCCCCOS(=O)(=O)C(F)CCCCCCCCCCC.[H-].[Na+]. The van der Waals surface area contributed by atoms with Crippen LogP contribution in [-0.4, -0.2) is 20.5 Å². The number of hydrogen-bond acceptors (Lipinski definition) is 3. The molecule has 0 aromatic heterocycles. The van der Waals surface area contributed by atoms with E-state index >= 15 is 0 Å². The van der Waals surface area contributed by atoms with Gasteiger partial charge in [-0.3, -0.25) is 4.18 Å². The minimum absolute atomic E-state index is 0. The Kier molecular flexibility index (Phi) is 36.9. The van der Waals surface area contributed by atoms with Crippen LogP contribution in [0.2, 0.25) is 0 Å². The van der Waals surface area contributed by atoms with Crippen LogP contribution in [0.3, 0.4) is 0 Å². The summed E-state index contributed by atoms with van der Waals surface area (Å²) in [5.41, 5.74) is -1.87. The van der Waals surface area contributed by atoms with Crippen LogP contribution in [0.4, 0.5) is 4.39 Å². The van der Waals surface area contributed by atoms with Gasteiger partial charge in [0, 0.05) is 0 Å². The second-order valence-electron chi connectivity index (χ2n) is 12.1. The van der Waals surface area contributed by atoms with E-state index in [0.717, 1.165) is 25.7 Å². The Morgan fingerprint density at radius 3 is 1.02 bits per heavy atom. The Balaban J connectivity index is -0.00000722. The van der Waals surface area contributed by atoms with Crippen molar-refractivity contribution in [3.63, 3.8) is 0 Å². The van der Waals surface area contributed by atoms with E-state index in [1.165, 1.54) is 148 Å². The van der Waals surface area contributed by atoms with Crippen molar-refractivity contribution in [3.05, 3.63) is 0 Å². The molecule has 238 valence electrons. The van der Waals surface area contributed by atoms with Gasteiger partial charge in [0.25, 0.3) is 10.1 Å². The third-order valence-electron chi connectivity index (χ3n) is 8.09. The van der Waals surface area contributed by atoms with Gasteiger partial charge >= 0.3 is 29.6 Å². The first-order valence-electron chi connectivity index (χ1n) is 17.6. The molecule has 0 rings (SSSR count). The molecule has 0 aliphatic rings. The summed E-state index contributed by atoms with van der Waals surface area (Å²) in [6.45, 7) is 4.62. The molecule has 0 fully saturated rings. The molecule has 0 aromatic rings.